The second kappa shape index (κ2) is 8.21. The molecule has 1 aromatic heterocycles. The van der Waals surface area contributed by atoms with E-state index >= 15 is 0 Å². The van der Waals surface area contributed by atoms with E-state index in [2.05, 4.69) is 22.9 Å². The van der Waals surface area contributed by atoms with Gasteiger partial charge in [-0.3, -0.25) is 9.59 Å². The fourth-order valence-corrected chi connectivity index (χ4v) is 4.35. The topological polar surface area (TPSA) is 79.2 Å². The fraction of sp³-hybridized carbons (Fsp3) is 0.333. The smallest absolute Gasteiger partial charge is 0.250 e. The number of fused-ring (bicyclic) bond motifs is 1. The highest BCUT2D eigenvalue weighted by Crippen LogP contribution is 2.33. The van der Waals surface area contributed by atoms with Crippen molar-refractivity contribution >= 4 is 22.6 Å². The Balaban J connectivity index is 1.59. The highest BCUT2D eigenvalue weighted by molar-refractivity contribution is 6.09. The molecule has 0 bridgehead atoms. The molecule has 1 aliphatic heterocycles. The summed E-state index contributed by atoms with van der Waals surface area (Å²) in [5, 5.41) is 0.960. The number of hydrogen-bond donors (Lipinski definition) is 2. The van der Waals surface area contributed by atoms with Gasteiger partial charge >= 0.3 is 0 Å². The van der Waals surface area contributed by atoms with Crippen LogP contribution < -0.4 is 5.73 Å². The first-order chi connectivity index (χ1) is 14.0. The van der Waals surface area contributed by atoms with Gasteiger partial charge in [-0.1, -0.05) is 24.3 Å². The van der Waals surface area contributed by atoms with Crippen molar-refractivity contribution in [1.29, 1.82) is 0 Å². The van der Waals surface area contributed by atoms with E-state index in [9.17, 15) is 9.59 Å². The van der Waals surface area contributed by atoms with Crippen molar-refractivity contribution in [3.63, 3.8) is 0 Å². The normalized spacial score (nSPS) is 14.5. The number of ketones is 1. The molecule has 4 rings (SSSR count). The molecule has 0 unspecified atom stereocenters. The molecule has 0 radical (unpaired) electrons. The van der Waals surface area contributed by atoms with Crippen LogP contribution >= 0.6 is 0 Å². The molecule has 0 spiro atoms. The number of carbonyl (C=O) groups is 2. The summed E-state index contributed by atoms with van der Waals surface area (Å²) in [4.78, 5) is 29.8. The summed E-state index contributed by atoms with van der Waals surface area (Å²) in [6.45, 7) is 5.18. The quantitative estimate of drug-likeness (QED) is 0.644. The zero-order chi connectivity index (χ0) is 20.4. The minimum absolute atomic E-state index is 0.285. The summed E-state index contributed by atoms with van der Waals surface area (Å²) in [5.74, 6) is -0.161. The van der Waals surface area contributed by atoms with Crippen LogP contribution in [0, 0.1) is 6.92 Å². The van der Waals surface area contributed by atoms with Crippen molar-refractivity contribution in [2.24, 2.45) is 5.73 Å². The van der Waals surface area contributed by atoms with Gasteiger partial charge in [0.2, 0.25) is 0 Å². The number of aromatic nitrogens is 1. The second-order valence-electron chi connectivity index (χ2n) is 7.90. The van der Waals surface area contributed by atoms with Gasteiger partial charge in [0.1, 0.15) is 5.78 Å². The molecule has 29 heavy (non-hydrogen) atoms. The molecular weight excluding hydrogens is 362 g/mol. The van der Waals surface area contributed by atoms with Crippen molar-refractivity contribution in [3.05, 3.63) is 59.3 Å². The number of amides is 1. The second-order valence-corrected chi connectivity index (χ2v) is 7.90. The van der Waals surface area contributed by atoms with Crippen molar-refractivity contribution < 1.29 is 9.59 Å². The van der Waals surface area contributed by atoms with E-state index in [1.807, 2.05) is 30.5 Å². The Bertz CT molecular complexity index is 1060. The molecule has 1 saturated heterocycles. The number of primary amides is 1. The minimum Gasteiger partial charge on any atom is -0.366 e. The van der Waals surface area contributed by atoms with Crippen molar-refractivity contribution in [1.82, 2.24) is 9.88 Å². The highest BCUT2D eigenvalue weighted by Gasteiger charge is 2.17. The first-order valence-electron chi connectivity index (χ1n) is 10.3. The summed E-state index contributed by atoms with van der Waals surface area (Å²) in [7, 11) is 0. The van der Waals surface area contributed by atoms with Crippen molar-refractivity contribution in [2.45, 2.75) is 32.6 Å². The fourth-order valence-electron chi connectivity index (χ4n) is 4.35. The summed E-state index contributed by atoms with van der Waals surface area (Å²) in [6.07, 6.45) is 5.39. The molecule has 2 aromatic carbocycles. The number of hydrogen-bond acceptors (Lipinski definition) is 3. The van der Waals surface area contributed by atoms with Gasteiger partial charge in [-0.05, 0) is 67.2 Å². The van der Waals surface area contributed by atoms with E-state index in [1.165, 1.54) is 12.8 Å². The van der Waals surface area contributed by atoms with Crippen LogP contribution in [0.15, 0.2) is 42.6 Å². The number of nitrogens with one attached hydrogen (secondary N) is 1. The van der Waals surface area contributed by atoms with Gasteiger partial charge in [-0.15, -0.1) is 0 Å². The zero-order valence-electron chi connectivity index (χ0n) is 16.8. The molecule has 3 aromatic rings. The Morgan fingerprint density at radius 2 is 1.86 bits per heavy atom. The van der Waals surface area contributed by atoms with Crippen LogP contribution in [-0.2, 0) is 11.2 Å². The van der Waals surface area contributed by atoms with E-state index in [1.54, 1.807) is 6.07 Å². The van der Waals surface area contributed by atoms with E-state index in [0.29, 0.717) is 18.4 Å². The maximum absolute atomic E-state index is 12.6. The minimum atomic E-state index is -0.446. The van der Waals surface area contributed by atoms with Gasteiger partial charge < -0.3 is 15.6 Å². The average molecular weight is 389 g/mol. The summed E-state index contributed by atoms with van der Waals surface area (Å²) >= 11 is 0. The number of aromatic amines is 1. The lowest BCUT2D eigenvalue weighted by atomic mass is 9.91. The lowest BCUT2D eigenvalue weighted by Crippen LogP contribution is -2.23. The largest absolute Gasteiger partial charge is 0.366 e. The van der Waals surface area contributed by atoms with E-state index in [0.717, 1.165) is 52.8 Å². The summed E-state index contributed by atoms with van der Waals surface area (Å²) in [5.41, 5.74) is 11.0. The van der Waals surface area contributed by atoms with Gasteiger partial charge in [-0.2, -0.15) is 0 Å². The molecular formula is C24H27N3O2. The lowest BCUT2D eigenvalue weighted by molar-refractivity contribution is -0.118. The number of carbonyl (C=O) groups excluding carboxylic acids is 2. The van der Waals surface area contributed by atoms with Crippen LogP contribution in [-0.4, -0.2) is 41.2 Å². The van der Waals surface area contributed by atoms with Crippen molar-refractivity contribution in [3.8, 4) is 11.1 Å². The molecule has 0 saturated carbocycles. The van der Waals surface area contributed by atoms with Crippen LogP contribution in [0.25, 0.3) is 22.0 Å². The van der Waals surface area contributed by atoms with E-state index < -0.39 is 5.91 Å². The Morgan fingerprint density at radius 3 is 2.62 bits per heavy atom. The molecule has 5 heteroatoms. The third-order valence-corrected chi connectivity index (χ3v) is 6.02. The maximum atomic E-state index is 12.6. The first kappa shape index (κ1) is 19.4. The van der Waals surface area contributed by atoms with E-state index in [4.69, 9.17) is 5.73 Å². The molecule has 1 fully saturated rings. The summed E-state index contributed by atoms with van der Waals surface area (Å²) < 4.78 is 0. The highest BCUT2D eigenvalue weighted by atomic mass is 16.1. The Morgan fingerprint density at radius 1 is 1.07 bits per heavy atom. The lowest BCUT2D eigenvalue weighted by Gasteiger charge is -2.15. The Labute approximate surface area is 170 Å². The molecule has 0 aliphatic carbocycles. The number of Topliss-reactive ketones (excluding diaryl/α,β-unsaturated/α-hetero) is 1. The zero-order valence-corrected chi connectivity index (χ0v) is 16.8. The first-order valence-corrected chi connectivity index (χ1v) is 10.3. The van der Waals surface area contributed by atoms with Gasteiger partial charge in [-0.25, -0.2) is 0 Å². The molecule has 1 amide bonds. The van der Waals surface area contributed by atoms with Crippen LogP contribution in [0.5, 0.6) is 0 Å². The standard InChI is InChI=1S/C24H27N3O2/c1-16-17(15-18(28)10-14-27-12-2-3-13-27)5-4-6-19(16)20-7-8-22(24(25)29)23-21(20)9-11-26-23/h4-9,11,26H,2-3,10,12-15H2,1H3,(H2,25,29). The molecule has 3 N–H and O–H groups in total. The van der Waals surface area contributed by atoms with Crippen LogP contribution in [0.4, 0.5) is 0 Å². The number of nitrogens with two attached hydrogens (primary N) is 1. The van der Waals surface area contributed by atoms with Crippen LogP contribution in [0.1, 0.15) is 40.7 Å². The van der Waals surface area contributed by atoms with E-state index in [-0.39, 0.29) is 5.78 Å². The average Bonchev–Trinajstić information content (AvgIpc) is 3.39. The number of nitrogens with zero attached hydrogens (tertiary/aromatic N) is 1. The number of rotatable bonds is 7. The number of H-pyrrole nitrogens is 1. The van der Waals surface area contributed by atoms with Crippen LogP contribution in [0.3, 0.4) is 0 Å². The third-order valence-electron chi connectivity index (χ3n) is 6.02. The molecule has 1 aliphatic rings. The molecule has 5 nitrogen and oxygen atoms in total. The van der Waals surface area contributed by atoms with Crippen LogP contribution in [0.2, 0.25) is 0 Å². The Hall–Kier alpha value is -2.92. The molecule has 150 valence electrons. The monoisotopic (exact) mass is 389 g/mol. The van der Waals surface area contributed by atoms with Gasteiger partial charge in [0.25, 0.3) is 5.91 Å². The van der Waals surface area contributed by atoms with Gasteiger partial charge in [0.15, 0.2) is 0 Å². The molecule has 0 atom stereocenters. The number of likely N-dealkylation sites (tertiary alicyclic amines) is 1. The predicted molar refractivity (Wildman–Crippen MR) is 116 cm³/mol. The third kappa shape index (κ3) is 3.96. The number of benzene rings is 2. The van der Waals surface area contributed by atoms with Gasteiger partial charge in [0.05, 0.1) is 11.1 Å². The summed E-state index contributed by atoms with van der Waals surface area (Å²) in [6, 6.07) is 11.8. The SMILES string of the molecule is Cc1c(CC(=O)CCN2CCCC2)cccc1-c1ccc(C(N)=O)c2[nH]ccc12. The van der Waals surface area contributed by atoms with Gasteiger partial charge in [0, 0.05) is 31.0 Å². The Kier molecular flexibility index (Phi) is 5.49. The predicted octanol–water partition coefficient (Wildman–Crippen LogP) is 3.84. The maximum Gasteiger partial charge on any atom is 0.250 e. The van der Waals surface area contributed by atoms with Crippen molar-refractivity contribution in [2.75, 3.05) is 19.6 Å². The molecule has 2 heterocycles.